The van der Waals surface area contributed by atoms with Crippen molar-refractivity contribution >= 4 is 32.3 Å². The molecule has 2 heterocycles. The van der Waals surface area contributed by atoms with Crippen LogP contribution in [-0.4, -0.2) is 44.0 Å². The Kier molecular flexibility index (Phi) is 6.56. The highest BCUT2D eigenvalue weighted by atomic mass is 32.2. The average molecular weight is 521 g/mol. The van der Waals surface area contributed by atoms with Crippen LogP contribution in [0, 0.1) is 0 Å². The number of aromatic nitrogens is 3. The van der Waals surface area contributed by atoms with Crippen LogP contribution >= 0.6 is 0 Å². The molecule has 0 aliphatic rings. The fourth-order valence-electron chi connectivity index (χ4n) is 3.41. The van der Waals surface area contributed by atoms with Gasteiger partial charge in [0.2, 0.25) is 15.9 Å². The molecule has 188 valence electrons. The van der Waals surface area contributed by atoms with Crippen LogP contribution in [0.4, 0.5) is 24.5 Å². The lowest BCUT2D eigenvalue weighted by molar-refractivity contribution is -0.274. The lowest BCUT2D eigenvalue weighted by atomic mass is 10.0. The number of pyridine rings is 1. The molecule has 0 aliphatic heterocycles. The lowest BCUT2D eigenvalue weighted by Crippen LogP contribution is -2.17. The molecular weight excluding hydrogens is 503 g/mol. The number of alkyl halides is 3. The van der Waals surface area contributed by atoms with Gasteiger partial charge in [0.25, 0.3) is 0 Å². The zero-order valence-corrected chi connectivity index (χ0v) is 19.5. The van der Waals surface area contributed by atoms with Crippen LogP contribution in [0.25, 0.3) is 22.0 Å². The summed E-state index contributed by atoms with van der Waals surface area (Å²) in [5.41, 5.74) is 1.62. The number of methoxy groups -OCH3 is 2. The number of nitrogens with one attached hydrogen (secondary N) is 1. The van der Waals surface area contributed by atoms with Gasteiger partial charge in [0.1, 0.15) is 10.6 Å². The molecule has 3 N–H and O–H groups in total. The molecule has 2 aromatic carbocycles. The molecule has 0 radical (unpaired) electrons. The molecule has 14 heteroatoms. The molecule has 0 atom stereocenters. The summed E-state index contributed by atoms with van der Waals surface area (Å²) < 4.78 is 76.7. The number of ether oxygens (including phenoxy) is 3. The standard InChI is InChI=1S/C22H18F3N5O5S/c1-33-20-16(10-28-21(30-20)34-2)12-6-7-15-17(8-12)27-11-18(36(26,31)32)19(15)29-13-4-3-5-14(9-13)35-22(23,24)25/h3-11H,1-2H3,(H,27,29)(H2,26,31,32). The van der Waals surface area contributed by atoms with Gasteiger partial charge in [-0.2, -0.15) is 4.98 Å². The molecule has 0 saturated heterocycles. The SMILES string of the molecule is COc1ncc(-c2ccc3c(Nc4cccc(OC(F)(F)F)c4)c(S(N)(=O)=O)cnc3c2)c(OC)n1. The molecule has 4 aromatic rings. The number of nitrogens with two attached hydrogens (primary N) is 1. The minimum Gasteiger partial charge on any atom is -0.480 e. The van der Waals surface area contributed by atoms with Gasteiger partial charge in [-0.05, 0) is 23.8 Å². The Hall–Kier alpha value is -4.17. The van der Waals surface area contributed by atoms with E-state index in [9.17, 15) is 21.6 Å². The van der Waals surface area contributed by atoms with Gasteiger partial charge in [-0.15, -0.1) is 13.2 Å². The van der Waals surface area contributed by atoms with E-state index in [2.05, 4.69) is 25.0 Å². The lowest BCUT2D eigenvalue weighted by Gasteiger charge is -2.16. The summed E-state index contributed by atoms with van der Waals surface area (Å²) in [6, 6.07) is 9.92. The van der Waals surface area contributed by atoms with Crippen molar-refractivity contribution in [3.05, 3.63) is 54.9 Å². The Morgan fingerprint density at radius 1 is 1.00 bits per heavy atom. The van der Waals surface area contributed by atoms with E-state index in [0.29, 0.717) is 22.0 Å². The third-order valence-corrected chi connectivity index (χ3v) is 5.82. The Bertz CT molecular complexity index is 1550. The second-order valence-corrected chi connectivity index (χ2v) is 8.78. The van der Waals surface area contributed by atoms with E-state index in [1.807, 2.05) is 0 Å². The number of rotatable bonds is 7. The van der Waals surface area contributed by atoms with Gasteiger partial charge in [0.05, 0.1) is 31.0 Å². The molecule has 10 nitrogen and oxygen atoms in total. The molecule has 0 aliphatic carbocycles. The maximum absolute atomic E-state index is 12.6. The molecule has 0 spiro atoms. The van der Waals surface area contributed by atoms with E-state index >= 15 is 0 Å². The molecule has 2 aromatic heterocycles. The summed E-state index contributed by atoms with van der Waals surface area (Å²) >= 11 is 0. The first kappa shape index (κ1) is 24.9. The highest BCUT2D eigenvalue weighted by Crippen LogP contribution is 2.36. The van der Waals surface area contributed by atoms with Crippen molar-refractivity contribution in [1.82, 2.24) is 15.0 Å². The third-order valence-electron chi connectivity index (χ3n) is 4.90. The smallest absolute Gasteiger partial charge is 0.480 e. The van der Waals surface area contributed by atoms with E-state index < -0.39 is 22.1 Å². The molecule has 0 unspecified atom stereocenters. The van der Waals surface area contributed by atoms with Crippen LogP contribution in [0.1, 0.15) is 0 Å². The van der Waals surface area contributed by atoms with Crippen LogP contribution in [-0.2, 0) is 10.0 Å². The van der Waals surface area contributed by atoms with Crippen molar-refractivity contribution in [3.63, 3.8) is 0 Å². The number of halogens is 3. The van der Waals surface area contributed by atoms with E-state index in [1.54, 1.807) is 18.2 Å². The minimum absolute atomic E-state index is 0.0242. The summed E-state index contributed by atoms with van der Waals surface area (Å²) in [5.74, 6) is -0.251. The fourth-order valence-corrected chi connectivity index (χ4v) is 4.05. The molecule has 0 amide bonds. The Balaban J connectivity index is 1.83. The second kappa shape index (κ2) is 9.47. The maximum atomic E-state index is 12.6. The first-order valence-electron chi connectivity index (χ1n) is 10.0. The Labute approximate surface area is 202 Å². The predicted octanol–water partition coefficient (Wildman–Crippen LogP) is 4.00. The zero-order valence-electron chi connectivity index (χ0n) is 18.7. The minimum atomic E-state index is -4.89. The molecule has 0 bridgehead atoms. The van der Waals surface area contributed by atoms with Crippen molar-refractivity contribution in [1.29, 1.82) is 0 Å². The van der Waals surface area contributed by atoms with E-state index in [-0.39, 0.29) is 28.2 Å². The van der Waals surface area contributed by atoms with Crippen LogP contribution in [0.15, 0.2) is 59.8 Å². The third kappa shape index (κ3) is 5.39. The maximum Gasteiger partial charge on any atom is 0.573 e. The van der Waals surface area contributed by atoms with Gasteiger partial charge < -0.3 is 19.5 Å². The average Bonchev–Trinajstić information content (AvgIpc) is 2.81. The molecule has 36 heavy (non-hydrogen) atoms. The summed E-state index contributed by atoms with van der Waals surface area (Å²) in [4.78, 5) is 12.1. The molecule has 0 saturated carbocycles. The number of hydrogen-bond acceptors (Lipinski definition) is 9. The topological polar surface area (TPSA) is 139 Å². The summed E-state index contributed by atoms with van der Waals surface area (Å²) in [7, 11) is -1.41. The van der Waals surface area contributed by atoms with Crippen LogP contribution < -0.4 is 24.7 Å². The van der Waals surface area contributed by atoms with Crippen molar-refractivity contribution in [3.8, 4) is 28.8 Å². The van der Waals surface area contributed by atoms with Crippen molar-refractivity contribution in [2.75, 3.05) is 19.5 Å². The van der Waals surface area contributed by atoms with Crippen LogP contribution in [0.3, 0.4) is 0 Å². The number of fused-ring (bicyclic) bond motifs is 1. The predicted molar refractivity (Wildman–Crippen MR) is 124 cm³/mol. The first-order valence-corrected chi connectivity index (χ1v) is 11.6. The number of nitrogens with zero attached hydrogens (tertiary/aromatic N) is 3. The summed E-state index contributed by atoms with van der Waals surface area (Å²) in [5, 5.41) is 8.54. The summed E-state index contributed by atoms with van der Waals surface area (Å²) in [6.45, 7) is 0. The number of benzene rings is 2. The zero-order chi connectivity index (χ0) is 26.1. The van der Waals surface area contributed by atoms with Gasteiger partial charge in [0, 0.05) is 29.5 Å². The van der Waals surface area contributed by atoms with Crippen molar-refractivity contribution in [2.45, 2.75) is 11.3 Å². The monoisotopic (exact) mass is 521 g/mol. The highest BCUT2D eigenvalue weighted by molar-refractivity contribution is 7.89. The van der Waals surface area contributed by atoms with Crippen LogP contribution in [0.5, 0.6) is 17.6 Å². The van der Waals surface area contributed by atoms with E-state index in [4.69, 9.17) is 14.6 Å². The Morgan fingerprint density at radius 2 is 1.78 bits per heavy atom. The number of primary sulfonamides is 1. The van der Waals surface area contributed by atoms with Crippen molar-refractivity contribution < 1.29 is 35.8 Å². The summed E-state index contributed by atoms with van der Waals surface area (Å²) in [6.07, 6.45) is -2.34. The Morgan fingerprint density at radius 3 is 2.44 bits per heavy atom. The largest absolute Gasteiger partial charge is 0.573 e. The fraction of sp³-hybridized carbons (Fsp3) is 0.136. The van der Waals surface area contributed by atoms with Gasteiger partial charge in [-0.25, -0.2) is 18.5 Å². The highest BCUT2D eigenvalue weighted by Gasteiger charge is 2.31. The number of sulfonamides is 1. The van der Waals surface area contributed by atoms with E-state index in [0.717, 1.165) is 18.3 Å². The van der Waals surface area contributed by atoms with Gasteiger partial charge in [-0.3, -0.25) is 4.98 Å². The van der Waals surface area contributed by atoms with Crippen molar-refractivity contribution in [2.24, 2.45) is 5.14 Å². The van der Waals surface area contributed by atoms with Gasteiger partial charge >= 0.3 is 12.4 Å². The molecule has 0 fully saturated rings. The normalized spacial score (nSPS) is 11.8. The molecule has 4 rings (SSSR count). The quantitative estimate of drug-likeness (QED) is 0.369. The first-order chi connectivity index (χ1) is 17.0. The second-order valence-electron chi connectivity index (χ2n) is 7.25. The van der Waals surface area contributed by atoms with Gasteiger partial charge in [0.15, 0.2) is 0 Å². The van der Waals surface area contributed by atoms with Crippen LogP contribution in [0.2, 0.25) is 0 Å². The molecular formula is C22H18F3N5O5S. The number of anilines is 2. The number of hydrogen-bond donors (Lipinski definition) is 2. The van der Waals surface area contributed by atoms with Gasteiger partial charge in [-0.1, -0.05) is 18.2 Å². The van der Waals surface area contributed by atoms with E-state index in [1.165, 1.54) is 32.5 Å².